The second-order valence-electron chi connectivity index (χ2n) is 6.36. The number of aliphatic carboxylic acids is 1. The highest BCUT2D eigenvalue weighted by atomic mass is 16.5. The molecule has 0 aromatic heterocycles. The number of carboxylic acids is 1. The lowest BCUT2D eigenvalue weighted by atomic mass is 9.74. The van der Waals surface area contributed by atoms with Crippen LogP contribution in [-0.4, -0.2) is 49.5 Å². The Kier molecular flexibility index (Phi) is 6.64. The van der Waals surface area contributed by atoms with E-state index in [4.69, 9.17) is 9.47 Å². The third kappa shape index (κ3) is 4.95. The molecule has 1 saturated carbocycles. The quantitative estimate of drug-likeness (QED) is 0.747. The van der Waals surface area contributed by atoms with Crippen molar-refractivity contribution in [2.75, 3.05) is 26.4 Å². The third-order valence-corrected chi connectivity index (χ3v) is 4.74. The standard InChI is InChI=1S/C16H27NO5/c18-14(6-11-22-13-4-9-21-10-5-13)17-12-16(15(19)20)7-2-1-3-8-16/h13H,1-12H2,(H,17,18)(H,19,20). The first-order valence-corrected chi connectivity index (χ1v) is 8.32. The second kappa shape index (κ2) is 8.48. The summed E-state index contributed by atoms with van der Waals surface area (Å²) in [5.74, 6) is -0.913. The van der Waals surface area contributed by atoms with Crippen molar-refractivity contribution in [3.8, 4) is 0 Å². The van der Waals surface area contributed by atoms with Crippen LogP contribution < -0.4 is 5.32 Å². The fourth-order valence-electron chi connectivity index (χ4n) is 3.21. The van der Waals surface area contributed by atoms with Crippen LogP contribution >= 0.6 is 0 Å². The first kappa shape index (κ1) is 17.2. The van der Waals surface area contributed by atoms with Gasteiger partial charge < -0.3 is 19.9 Å². The molecule has 1 saturated heterocycles. The Morgan fingerprint density at radius 3 is 2.50 bits per heavy atom. The van der Waals surface area contributed by atoms with E-state index >= 15 is 0 Å². The minimum atomic E-state index is -0.786. The minimum Gasteiger partial charge on any atom is -0.481 e. The van der Waals surface area contributed by atoms with Gasteiger partial charge in [-0.05, 0) is 25.7 Å². The van der Waals surface area contributed by atoms with Gasteiger partial charge >= 0.3 is 5.97 Å². The molecule has 1 aliphatic heterocycles. The number of amides is 1. The topological polar surface area (TPSA) is 84.9 Å². The Balaban J connectivity index is 1.66. The summed E-state index contributed by atoms with van der Waals surface area (Å²) in [6, 6.07) is 0. The molecule has 0 bridgehead atoms. The van der Waals surface area contributed by atoms with Gasteiger partial charge in [0.05, 0.1) is 18.1 Å². The molecule has 0 atom stereocenters. The van der Waals surface area contributed by atoms with E-state index in [0.717, 1.165) is 45.3 Å². The number of carbonyl (C=O) groups excluding carboxylic acids is 1. The number of hydrogen-bond donors (Lipinski definition) is 2. The molecule has 0 aromatic rings. The Morgan fingerprint density at radius 2 is 1.86 bits per heavy atom. The molecule has 0 aromatic carbocycles. The van der Waals surface area contributed by atoms with Crippen LogP contribution in [0.4, 0.5) is 0 Å². The van der Waals surface area contributed by atoms with Crippen LogP contribution in [-0.2, 0) is 19.1 Å². The highest BCUT2D eigenvalue weighted by Gasteiger charge is 2.39. The number of rotatable bonds is 7. The number of hydrogen-bond acceptors (Lipinski definition) is 4. The second-order valence-corrected chi connectivity index (χ2v) is 6.36. The van der Waals surface area contributed by atoms with E-state index in [1.807, 2.05) is 0 Å². The maximum Gasteiger partial charge on any atom is 0.311 e. The summed E-state index contributed by atoms with van der Waals surface area (Å²) in [6.07, 6.45) is 6.47. The van der Waals surface area contributed by atoms with Gasteiger partial charge in [0, 0.05) is 26.2 Å². The largest absolute Gasteiger partial charge is 0.481 e. The summed E-state index contributed by atoms with van der Waals surface area (Å²) in [7, 11) is 0. The van der Waals surface area contributed by atoms with Crippen molar-refractivity contribution in [1.29, 1.82) is 0 Å². The SMILES string of the molecule is O=C(CCOC1CCOCC1)NCC1(C(=O)O)CCCCC1. The molecule has 126 valence electrons. The molecule has 1 amide bonds. The molecule has 0 radical (unpaired) electrons. The molecule has 2 fully saturated rings. The average molecular weight is 313 g/mol. The zero-order valence-corrected chi connectivity index (χ0v) is 13.1. The van der Waals surface area contributed by atoms with Gasteiger partial charge in [-0.15, -0.1) is 0 Å². The van der Waals surface area contributed by atoms with Crippen LogP contribution in [0.25, 0.3) is 0 Å². The third-order valence-electron chi connectivity index (χ3n) is 4.74. The molecule has 22 heavy (non-hydrogen) atoms. The van der Waals surface area contributed by atoms with Crippen molar-refractivity contribution in [2.45, 2.75) is 57.5 Å². The Bertz CT molecular complexity index is 373. The fraction of sp³-hybridized carbons (Fsp3) is 0.875. The first-order valence-electron chi connectivity index (χ1n) is 8.32. The fourth-order valence-corrected chi connectivity index (χ4v) is 3.21. The summed E-state index contributed by atoms with van der Waals surface area (Å²) in [4.78, 5) is 23.4. The Hall–Kier alpha value is -1.14. The zero-order valence-electron chi connectivity index (χ0n) is 13.1. The lowest BCUT2D eigenvalue weighted by Crippen LogP contribution is -2.44. The van der Waals surface area contributed by atoms with Gasteiger partial charge in [-0.2, -0.15) is 0 Å². The van der Waals surface area contributed by atoms with Crippen LogP contribution in [0.1, 0.15) is 51.4 Å². The van der Waals surface area contributed by atoms with E-state index in [1.54, 1.807) is 0 Å². The molecule has 6 nitrogen and oxygen atoms in total. The van der Waals surface area contributed by atoms with E-state index in [-0.39, 0.29) is 25.0 Å². The van der Waals surface area contributed by atoms with Gasteiger partial charge in [0.15, 0.2) is 0 Å². The molecule has 6 heteroatoms. The molecule has 2 rings (SSSR count). The van der Waals surface area contributed by atoms with Crippen molar-refractivity contribution >= 4 is 11.9 Å². The van der Waals surface area contributed by atoms with Gasteiger partial charge in [-0.25, -0.2) is 0 Å². The van der Waals surface area contributed by atoms with Gasteiger partial charge in [0.1, 0.15) is 0 Å². The minimum absolute atomic E-state index is 0.127. The highest BCUT2D eigenvalue weighted by Crippen LogP contribution is 2.36. The Labute approximate surface area is 131 Å². The molecule has 2 N–H and O–H groups in total. The van der Waals surface area contributed by atoms with E-state index in [0.29, 0.717) is 19.4 Å². The number of ether oxygens (including phenoxy) is 2. The number of nitrogens with one attached hydrogen (secondary N) is 1. The van der Waals surface area contributed by atoms with Crippen LogP contribution in [0.15, 0.2) is 0 Å². The van der Waals surface area contributed by atoms with Gasteiger partial charge in [-0.3, -0.25) is 9.59 Å². The Morgan fingerprint density at radius 1 is 1.18 bits per heavy atom. The maximum atomic E-state index is 11.9. The molecule has 1 aliphatic carbocycles. The van der Waals surface area contributed by atoms with Gasteiger partial charge in [0.2, 0.25) is 5.91 Å². The monoisotopic (exact) mass is 313 g/mol. The summed E-state index contributed by atoms with van der Waals surface area (Å²) in [6.45, 7) is 2.06. The number of carbonyl (C=O) groups is 2. The smallest absolute Gasteiger partial charge is 0.311 e. The summed E-state index contributed by atoms with van der Waals surface area (Å²) in [5, 5.41) is 12.2. The van der Waals surface area contributed by atoms with Gasteiger partial charge in [0.25, 0.3) is 0 Å². The molecule has 1 heterocycles. The maximum absolute atomic E-state index is 11.9. The predicted molar refractivity (Wildman–Crippen MR) is 80.6 cm³/mol. The van der Waals surface area contributed by atoms with Crippen molar-refractivity contribution in [3.63, 3.8) is 0 Å². The summed E-state index contributed by atoms with van der Waals surface area (Å²) in [5.41, 5.74) is -0.768. The first-order chi connectivity index (χ1) is 10.6. The normalized spacial score (nSPS) is 22.2. The molecular weight excluding hydrogens is 286 g/mol. The van der Waals surface area contributed by atoms with E-state index in [1.165, 1.54) is 0 Å². The van der Waals surface area contributed by atoms with Crippen LogP contribution in [0.3, 0.4) is 0 Å². The average Bonchev–Trinajstić information content (AvgIpc) is 2.55. The molecule has 0 spiro atoms. The number of carboxylic acid groups (broad SMARTS) is 1. The van der Waals surface area contributed by atoms with Crippen molar-refractivity contribution < 1.29 is 24.2 Å². The molecule has 2 aliphatic rings. The molecule has 0 unspecified atom stereocenters. The van der Waals surface area contributed by atoms with Crippen LogP contribution in [0, 0.1) is 5.41 Å². The zero-order chi connectivity index (χ0) is 15.8. The van der Waals surface area contributed by atoms with Crippen LogP contribution in [0.2, 0.25) is 0 Å². The van der Waals surface area contributed by atoms with Crippen molar-refractivity contribution in [2.24, 2.45) is 5.41 Å². The van der Waals surface area contributed by atoms with E-state index in [9.17, 15) is 14.7 Å². The van der Waals surface area contributed by atoms with E-state index < -0.39 is 11.4 Å². The predicted octanol–water partition coefficient (Wildman–Crippen LogP) is 1.72. The lowest BCUT2D eigenvalue weighted by Gasteiger charge is -2.33. The van der Waals surface area contributed by atoms with Crippen molar-refractivity contribution in [1.82, 2.24) is 5.32 Å². The van der Waals surface area contributed by atoms with E-state index in [2.05, 4.69) is 5.32 Å². The summed E-state index contributed by atoms with van der Waals surface area (Å²) >= 11 is 0. The summed E-state index contributed by atoms with van der Waals surface area (Å²) < 4.78 is 10.9. The van der Waals surface area contributed by atoms with Crippen molar-refractivity contribution in [3.05, 3.63) is 0 Å². The highest BCUT2D eigenvalue weighted by molar-refractivity contribution is 5.79. The lowest BCUT2D eigenvalue weighted by molar-refractivity contribution is -0.151. The molecular formula is C16H27NO5. The van der Waals surface area contributed by atoms with Gasteiger partial charge in [-0.1, -0.05) is 19.3 Å². The van der Waals surface area contributed by atoms with Crippen LogP contribution in [0.5, 0.6) is 0 Å².